The zero-order valence-electron chi connectivity index (χ0n) is 9.65. The minimum Gasteiger partial charge on any atom is -0.389 e. The molecule has 17 heavy (non-hydrogen) atoms. The third kappa shape index (κ3) is 1.67. The number of Topliss-reactive ketones (excluding diaryl/α,β-unsaturated/α-hetero) is 1. The first-order valence-electron chi connectivity index (χ1n) is 6.02. The molecule has 0 radical (unpaired) electrons. The minimum atomic E-state index is -0.369. The van der Waals surface area contributed by atoms with Crippen molar-refractivity contribution in [2.75, 3.05) is 6.61 Å². The summed E-state index contributed by atoms with van der Waals surface area (Å²) in [5.74, 6) is -0.117. The summed E-state index contributed by atoms with van der Waals surface area (Å²) in [6, 6.07) is 6.29. The molecule has 2 aromatic rings. The van der Waals surface area contributed by atoms with E-state index in [4.69, 9.17) is 5.11 Å². The fraction of sp³-hybridized carbons (Fsp3) is 0.357. The van der Waals surface area contributed by atoms with Crippen molar-refractivity contribution in [2.45, 2.75) is 25.8 Å². The van der Waals surface area contributed by atoms with E-state index in [1.165, 1.54) is 16.5 Å². The van der Waals surface area contributed by atoms with Crippen molar-refractivity contribution in [3.63, 3.8) is 0 Å². The molecular formula is C14H15NO2. The second-order valence-corrected chi connectivity index (χ2v) is 4.64. The lowest BCUT2D eigenvalue weighted by Gasteiger charge is -2.14. The number of ketones is 1. The number of hydrogen-bond donors (Lipinski definition) is 1. The monoisotopic (exact) mass is 229 g/mol. The molecule has 1 aromatic heterocycles. The highest BCUT2D eigenvalue weighted by atomic mass is 16.3. The highest BCUT2D eigenvalue weighted by Gasteiger charge is 2.16. The Morgan fingerprint density at radius 1 is 1.41 bits per heavy atom. The third-order valence-electron chi connectivity index (χ3n) is 3.47. The summed E-state index contributed by atoms with van der Waals surface area (Å²) >= 11 is 0. The Kier molecular flexibility index (Phi) is 2.48. The summed E-state index contributed by atoms with van der Waals surface area (Å²) in [6.07, 6.45) is 4.69. The van der Waals surface area contributed by atoms with E-state index in [0.717, 1.165) is 24.9 Å². The van der Waals surface area contributed by atoms with Gasteiger partial charge in [-0.05, 0) is 24.0 Å². The lowest BCUT2D eigenvalue weighted by molar-refractivity contribution is -0.121. The second kappa shape index (κ2) is 4.00. The van der Waals surface area contributed by atoms with Crippen molar-refractivity contribution < 1.29 is 9.90 Å². The topological polar surface area (TPSA) is 42.2 Å². The molecule has 0 fully saturated rings. The smallest absolute Gasteiger partial charge is 0.162 e. The Hall–Kier alpha value is -1.61. The lowest BCUT2D eigenvalue weighted by Crippen LogP contribution is -2.07. The van der Waals surface area contributed by atoms with E-state index in [1.54, 1.807) is 0 Å². The number of aliphatic hydroxyl groups excluding tert-OH is 1. The summed E-state index contributed by atoms with van der Waals surface area (Å²) in [4.78, 5) is 11.4. The normalized spacial score (nSPS) is 14.2. The standard InChI is InChI=1S/C14H15NO2/c16-9-12(17)7-11-8-15-6-2-4-10-3-1-5-13(11)14(10)15/h1,3,5,8,16H,2,4,6-7,9H2. The highest BCUT2D eigenvalue weighted by Crippen LogP contribution is 2.29. The van der Waals surface area contributed by atoms with Gasteiger partial charge in [-0.25, -0.2) is 0 Å². The molecule has 1 N–H and O–H groups in total. The average Bonchev–Trinajstić information content (AvgIpc) is 2.70. The van der Waals surface area contributed by atoms with E-state index in [1.807, 2.05) is 0 Å². The molecule has 3 heteroatoms. The Morgan fingerprint density at radius 3 is 3.12 bits per heavy atom. The van der Waals surface area contributed by atoms with Gasteiger partial charge in [-0.15, -0.1) is 0 Å². The van der Waals surface area contributed by atoms with Crippen LogP contribution in [0, 0.1) is 0 Å². The van der Waals surface area contributed by atoms with E-state index in [2.05, 4.69) is 29.0 Å². The number of aryl methyl sites for hydroxylation is 2. The minimum absolute atomic E-state index is 0.117. The number of benzene rings is 1. The largest absolute Gasteiger partial charge is 0.389 e. The number of carbonyl (C=O) groups excluding carboxylic acids is 1. The van der Waals surface area contributed by atoms with Crippen LogP contribution in [0.1, 0.15) is 17.5 Å². The average molecular weight is 229 g/mol. The SMILES string of the molecule is O=C(CO)Cc1cn2c3c(cccc13)CCC2. The summed E-state index contributed by atoms with van der Waals surface area (Å²) < 4.78 is 2.24. The van der Waals surface area contributed by atoms with Crippen LogP contribution in [-0.2, 0) is 24.2 Å². The molecule has 1 aromatic carbocycles. The maximum atomic E-state index is 11.4. The number of para-hydroxylation sites is 1. The van der Waals surface area contributed by atoms with Crippen LogP contribution < -0.4 is 0 Å². The van der Waals surface area contributed by atoms with Gasteiger partial charge >= 0.3 is 0 Å². The van der Waals surface area contributed by atoms with Crippen molar-refractivity contribution in [1.29, 1.82) is 0 Å². The maximum Gasteiger partial charge on any atom is 0.162 e. The van der Waals surface area contributed by atoms with Gasteiger partial charge in [-0.3, -0.25) is 4.79 Å². The summed E-state index contributed by atoms with van der Waals surface area (Å²) in [5, 5.41) is 10.0. The van der Waals surface area contributed by atoms with Gasteiger partial charge < -0.3 is 9.67 Å². The Balaban J connectivity index is 2.15. The number of hydrogen-bond acceptors (Lipinski definition) is 2. The molecule has 0 saturated carbocycles. The van der Waals surface area contributed by atoms with Crippen LogP contribution in [0.2, 0.25) is 0 Å². The molecule has 3 rings (SSSR count). The Bertz CT molecular complexity index is 583. The van der Waals surface area contributed by atoms with Crippen molar-refractivity contribution >= 4 is 16.7 Å². The van der Waals surface area contributed by atoms with Crippen LogP contribution in [0.5, 0.6) is 0 Å². The molecule has 0 bridgehead atoms. The molecule has 0 unspecified atom stereocenters. The van der Waals surface area contributed by atoms with Gasteiger partial charge in [0.25, 0.3) is 0 Å². The van der Waals surface area contributed by atoms with E-state index < -0.39 is 0 Å². The Labute approximate surface area is 99.7 Å². The molecule has 3 nitrogen and oxygen atoms in total. The molecule has 1 aliphatic heterocycles. The van der Waals surface area contributed by atoms with Crippen molar-refractivity contribution in [2.24, 2.45) is 0 Å². The van der Waals surface area contributed by atoms with Gasteiger partial charge in [0.15, 0.2) is 5.78 Å². The third-order valence-corrected chi connectivity index (χ3v) is 3.47. The van der Waals surface area contributed by atoms with Crippen molar-refractivity contribution in [1.82, 2.24) is 4.57 Å². The van der Waals surface area contributed by atoms with Gasteiger partial charge in [0.2, 0.25) is 0 Å². The predicted octanol–water partition coefficient (Wildman–Crippen LogP) is 1.69. The van der Waals surface area contributed by atoms with E-state index in [9.17, 15) is 4.79 Å². The van der Waals surface area contributed by atoms with Crippen LogP contribution in [0.4, 0.5) is 0 Å². The van der Waals surface area contributed by atoms with Gasteiger partial charge in [0, 0.05) is 24.5 Å². The molecule has 2 heterocycles. The molecule has 1 aliphatic rings. The van der Waals surface area contributed by atoms with E-state index in [0.29, 0.717) is 6.42 Å². The number of rotatable bonds is 3. The second-order valence-electron chi connectivity index (χ2n) is 4.64. The lowest BCUT2D eigenvalue weighted by atomic mass is 10.0. The van der Waals surface area contributed by atoms with Crippen LogP contribution in [-0.4, -0.2) is 22.1 Å². The van der Waals surface area contributed by atoms with Crippen molar-refractivity contribution in [3.8, 4) is 0 Å². The summed E-state index contributed by atoms with van der Waals surface area (Å²) in [7, 11) is 0. The van der Waals surface area contributed by atoms with Gasteiger partial charge in [-0.1, -0.05) is 18.2 Å². The first-order chi connectivity index (χ1) is 8.29. The molecule has 0 spiro atoms. The maximum absolute atomic E-state index is 11.4. The zero-order chi connectivity index (χ0) is 11.8. The molecule has 88 valence electrons. The van der Waals surface area contributed by atoms with E-state index in [-0.39, 0.29) is 12.4 Å². The first-order valence-corrected chi connectivity index (χ1v) is 6.02. The molecule has 0 saturated heterocycles. The number of nitrogens with zero attached hydrogens (tertiary/aromatic N) is 1. The molecule has 0 atom stereocenters. The fourth-order valence-corrected chi connectivity index (χ4v) is 2.74. The van der Waals surface area contributed by atoms with Crippen LogP contribution in [0.25, 0.3) is 10.9 Å². The van der Waals surface area contributed by atoms with Crippen LogP contribution in [0.15, 0.2) is 24.4 Å². The van der Waals surface area contributed by atoms with E-state index >= 15 is 0 Å². The van der Waals surface area contributed by atoms with Crippen molar-refractivity contribution in [3.05, 3.63) is 35.5 Å². The van der Waals surface area contributed by atoms with Gasteiger partial charge in [0.1, 0.15) is 6.61 Å². The highest BCUT2D eigenvalue weighted by molar-refractivity contribution is 5.92. The van der Waals surface area contributed by atoms with Crippen LogP contribution in [0.3, 0.4) is 0 Å². The zero-order valence-corrected chi connectivity index (χ0v) is 9.65. The number of aromatic nitrogens is 1. The fourth-order valence-electron chi connectivity index (χ4n) is 2.74. The summed E-state index contributed by atoms with van der Waals surface area (Å²) in [5.41, 5.74) is 3.69. The Morgan fingerprint density at radius 2 is 2.29 bits per heavy atom. The summed E-state index contributed by atoms with van der Waals surface area (Å²) in [6.45, 7) is 0.660. The van der Waals surface area contributed by atoms with Crippen LogP contribution >= 0.6 is 0 Å². The molecule has 0 aliphatic carbocycles. The predicted molar refractivity (Wildman–Crippen MR) is 66.1 cm³/mol. The first kappa shape index (κ1) is 10.5. The van der Waals surface area contributed by atoms with Gasteiger partial charge in [-0.2, -0.15) is 0 Å². The number of carbonyl (C=O) groups is 1. The quantitative estimate of drug-likeness (QED) is 0.870. The molecule has 0 amide bonds. The van der Waals surface area contributed by atoms with Gasteiger partial charge in [0.05, 0.1) is 5.52 Å². The molecular weight excluding hydrogens is 214 g/mol. The number of aliphatic hydroxyl groups is 1.